The molecule has 0 amide bonds. The van der Waals surface area contributed by atoms with Crippen LogP contribution in [0.5, 0.6) is 0 Å². The van der Waals surface area contributed by atoms with E-state index in [1.54, 1.807) is 0 Å². The summed E-state index contributed by atoms with van der Waals surface area (Å²) in [7, 11) is 0. The number of H-pyrrole nitrogens is 3. The standard InChI is InChI=1S/C27H30N6O2S/c1-16-3-5-18(28-16)19-7-8-20(30-19)21-9-10-22(31-21)23-11-12-25(32-23)27-14-13-26(33(27)15-36(34)35)24-6-4-17(2)29-24/h4,6-14,16,25,28-32H,3,5,15H2,1-2H3,(H,34,35)/b19-18+,21-20+,23-22+. The van der Waals surface area contributed by atoms with E-state index in [0.29, 0.717) is 6.04 Å². The van der Waals surface area contributed by atoms with Gasteiger partial charge in [-0.3, -0.25) is 0 Å². The Labute approximate surface area is 210 Å². The van der Waals surface area contributed by atoms with Crippen molar-refractivity contribution in [1.29, 1.82) is 0 Å². The third-order valence-electron chi connectivity index (χ3n) is 6.97. The first-order valence-electron chi connectivity index (χ1n) is 12.2. The van der Waals surface area contributed by atoms with Gasteiger partial charge in [0.15, 0.2) is 11.1 Å². The van der Waals surface area contributed by atoms with Crippen LogP contribution in [-0.4, -0.2) is 34.3 Å². The smallest absolute Gasteiger partial charge is 0.173 e. The summed E-state index contributed by atoms with van der Waals surface area (Å²) in [5.74, 6) is 0.00549. The molecule has 8 nitrogen and oxygen atoms in total. The molecule has 36 heavy (non-hydrogen) atoms. The van der Waals surface area contributed by atoms with Gasteiger partial charge in [-0.25, -0.2) is 4.21 Å². The summed E-state index contributed by atoms with van der Waals surface area (Å²) in [5.41, 5.74) is 6.05. The van der Waals surface area contributed by atoms with Crippen LogP contribution in [0.3, 0.4) is 0 Å². The Morgan fingerprint density at radius 2 is 1.69 bits per heavy atom. The monoisotopic (exact) mass is 502 g/mol. The maximum absolute atomic E-state index is 11.8. The number of aromatic amines is 3. The molecule has 2 aliphatic heterocycles. The van der Waals surface area contributed by atoms with Crippen LogP contribution in [0.15, 0.2) is 60.7 Å². The van der Waals surface area contributed by atoms with E-state index in [1.165, 1.54) is 5.70 Å². The van der Waals surface area contributed by atoms with Gasteiger partial charge in [0.25, 0.3) is 0 Å². The number of hydrogen-bond acceptors (Lipinski definition) is 3. The zero-order chi connectivity index (χ0) is 24.8. The molecule has 4 aromatic rings. The minimum Gasteiger partial charge on any atom is -0.384 e. The van der Waals surface area contributed by atoms with E-state index in [2.05, 4.69) is 68.9 Å². The summed E-state index contributed by atoms with van der Waals surface area (Å²) >= 11 is -1.97. The van der Waals surface area contributed by atoms with Crippen LogP contribution < -0.4 is 21.3 Å². The maximum atomic E-state index is 11.8. The van der Waals surface area contributed by atoms with Gasteiger partial charge in [-0.2, -0.15) is 0 Å². The Hall–Kier alpha value is -3.69. The maximum Gasteiger partial charge on any atom is 0.173 e. The highest BCUT2D eigenvalue weighted by Crippen LogP contribution is 2.29. The molecule has 6 N–H and O–H groups in total. The molecular weight excluding hydrogens is 472 g/mol. The summed E-state index contributed by atoms with van der Waals surface area (Å²) in [6.07, 6.45) is 6.38. The highest BCUT2D eigenvalue weighted by atomic mass is 32.2. The number of nitrogens with zero attached hydrogens (tertiary/aromatic N) is 1. The van der Waals surface area contributed by atoms with Gasteiger partial charge in [0.2, 0.25) is 0 Å². The molecule has 1 saturated heterocycles. The summed E-state index contributed by atoms with van der Waals surface area (Å²) in [6, 6.07) is 16.8. The third-order valence-corrected chi connectivity index (χ3v) is 7.45. The van der Waals surface area contributed by atoms with Gasteiger partial charge in [0.1, 0.15) is 5.88 Å². The van der Waals surface area contributed by atoms with Crippen molar-refractivity contribution >= 4 is 22.5 Å². The van der Waals surface area contributed by atoms with Crippen LogP contribution in [0.1, 0.15) is 37.2 Å². The van der Waals surface area contributed by atoms with E-state index in [4.69, 9.17) is 0 Å². The van der Waals surface area contributed by atoms with Crippen LogP contribution in [-0.2, 0) is 17.0 Å². The van der Waals surface area contributed by atoms with Gasteiger partial charge in [-0.1, -0.05) is 6.08 Å². The van der Waals surface area contributed by atoms with Crippen LogP contribution in [0.25, 0.3) is 22.8 Å². The number of hydrogen-bond donors (Lipinski definition) is 6. The van der Waals surface area contributed by atoms with Gasteiger partial charge < -0.3 is 34.7 Å². The zero-order valence-corrected chi connectivity index (χ0v) is 21.1. The Balaban J connectivity index is 1.33. The lowest BCUT2D eigenvalue weighted by Crippen LogP contribution is -2.22. The van der Waals surface area contributed by atoms with Crippen LogP contribution in [0.4, 0.5) is 0 Å². The highest BCUT2D eigenvalue weighted by Gasteiger charge is 2.22. The summed E-state index contributed by atoms with van der Waals surface area (Å²) < 4.78 is 23.4. The van der Waals surface area contributed by atoms with Crippen molar-refractivity contribution < 1.29 is 8.76 Å². The lowest BCUT2D eigenvalue weighted by Gasteiger charge is -2.16. The van der Waals surface area contributed by atoms with Crippen molar-refractivity contribution in [3.63, 3.8) is 0 Å². The summed E-state index contributed by atoms with van der Waals surface area (Å²) in [4.78, 5) is 10.4. The second-order valence-electron chi connectivity index (χ2n) is 9.61. The average molecular weight is 503 g/mol. The van der Waals surface area contributed by atoms with Crippen molar-refractivity contribution in [1.82, 2.24) is 30.2 Å². The number of aryl methyl sites for hydroxylation is 1. The molecular formula is C27H30N6O2S. The second-order valence-corrected chi connectivity index (χ2v) is 10.5. The molecule has 0 spiro atoms. The summed E-state index contributed by atoms with van der Waals surface area (Å²) in [6.45, 7) is 4.20. The van der Waals surface area contributed by atoms with Gasteiger partial charge in [-0.15, -0.1) is 0 Å². The van der Waals surface area contributed by atoms with E-state index in [1.807, 2.05) is 35.8 Å². The van der Waals surface area contributed by atoms with E-state index < -0.39 is 11.1 Å². The third kappa shape index (κ3) is 4.25. The van der Waals surface area contributed by atoms with Crippen molar-refractivity contribution in [3.8, 4) is 11.4 Å². The molecule has 2 aliphatic rings. The molecule has 0 aromatic carbocycles. The molecule has 4 aromatic heterocycles. The fourth-order valence-corrected chi connectivity index (χ4v) is 5.66. The molecule has 1 fully saturated rings. The number of rotatable bonds is 4. The molecule has 3 unspecified atom stereocenters. The molecule has 0 saturated carbocycles. The van der Waals surface area contributed by atoms with Crippen molar-refractivity contribution in [2.45, 2.75) is 44.6 Å². The zero-order valence-electron chi connectivity index (χ0n) is 20.3. The molecule has 3 atom stereocenters. The summed E-state index contributed by atoms with van der Waals surface area (Å²) in [5, 5.41) is 11.3. The van der Waals surface area contributed by atoms with Crippen LogP contribution in [0, 0.1) is 17.6 Å². The molecule has 6 heterocycles. The Morgan fingerprint density at radius 3 is 2.39 bits per heavy atom. The SMILES string of the molecule is Cc1ccc(-c2ccc(C3C=C/C(=c4/cc/c(=c5/cc/c(=C6/CCC(C)N6)[nH]5)[nH]4)N3)n2CS(=O)O)[nH]1. The largest absolute Gasteiger partial charge is 0.384 e. The fraction of sp³-hybridized carbons (Fsp3) is 0.259. The van der Waals surface area contributed by atoms with E-state index in [0.717, 1.165) is 62.7 Å². The van der Waals surface area contributed by atoms with Crippen LogP contribution >= 0.6 is 0 Å². The minimum absolute atomic E-state index is 0.00549. The van der Waals surface area contributed by atoms with Gasteiger partial charge >= 0.3 is 0 Å². The van der Waals surface area contributed by atoms with E-state index >= 15 is 0 Å². The molecule has 0 aliphatic carbocycles. The first-order valence-corrected chi connectivity index (χ1v) is 13.5. The lowest BCUT2D eigenvalue weighted by atomic mass is 10.2. The normalized spacial score (nSPS) is 24.2. The van der Waals surface area contributed by atoms with Gasteiger partial charge in [0, 0.05) is 23.1 Å². The number of nitrogens with one attached hydrogen (secondary N) is 5. The second kappa shape index (κ2) is 9.07. The molecule has 0 radical (unpaired) electrons. The Morgan fingerprint density at radius 1 is 0.944 bits per heavy atom. The molecule has 6 rings (SSSR count). The average Bonchev–Trinajstić information content (AvgIpc) is 3.65. The van der Waals surface area contributed by atoms with Gasteiger partial charge in [0.05, 0.1) is 44.5 Å². The molecule has 9 heteroatoms. The quantitative estimate of drug-likeness (QED) is 0.241. The predicted octanol–water partition coefficient (Wildman–Crippen LogP) is 2.80. The van der Waals surface area contributed by atoms with Crippen molar-refractivity contribution in [3.05, 3.63) is 93.5 Å². The molecule has 186 valence electrons. The first-order chi connectivity index (χ1) is 17.4. The van der Waals surface area contributed by atoms with Crippen LogP contribution in [0.2, 0.25) is 0 Å². The topological polar surface area (TPSA) is 114 Å². The first kappa shape index (κ1) is 22.8. The van der Waals surface area contributed by atoms with E-state index in [9.17, 15) is 8.76 Å². The fourth-order valence-electron chi connectivity index (χ4n) is 5.15. The predicted molar refractivity (Wildman–Crippen MR) is 142 cm³/mol. The highest BCUT2D eigenvalue weighted by molar-refractivity contribution is 7.78. The Bertz CT molecular complexity index is 1700. The van der Waals surface area contributed by atoms with Gasteiger partial charge in [-0.05, 0) is 81.3 Å². The van der Waals surface area contributed by atoms with Crippen molar-refractivity contribution in [2.24, 2.45) is 0 Å². The van der Waals surface area contributed by atoms with E-state index in [-0.39, 0.29) is 11.9 Å². The minimum atomic E-state index is -1.97. The number of aromatic nitrogens is 4. The molecule has 0 bridgehead atoms. The lowest BCUT2D eigenvalue weighted by molar-refractivity contribution is 0.548. The van der Waals surface area contributed by atoms with Crippen molar-refractivity contribution in [2.75, 3.05) is 0 Å². The Kier molecular flexibility index (Phi) is 5.73.